The molecule has 0 radical (unpaired) electrons. The highest BCUT2D eigenvalue weighted by Crippen LogP contribution is 2.54. The van der Waals surface area contributed by atoms with Gasteiger partial charge in [0.25, 0.3) is 0 Å². The van der Waals surface area contributed by atoms with E-state index >= 15 is 0 Å². The van der Waals surface area contributed by atoms with Crippen molar-refractivity contribution in [1.82, 2.24) is 0 Å². The lowest BCUT2D eigenvalue weighted by Crippen LogP contribution is -2.16. The summed E-state index contributed by atoms with van der Waals surface area (Å²) in [5.74, 6) is 0.683. The predicted molar refractivity (Wildman–Crippen MR) is 271 cm³/mol. The van der Waals surface area contributed by atoms with E-state index < -0.39 is 0 Å². The molecule has 2 aliphatic carbocycles. The summed E-state index contributed by atoms with van der Waals surface area (Å²) in [6, 6.07) is 73.4. The zero-order valence-corrected chi connectivity index (χ0v) is 36.8. The van der Waals surface area contributed by atoms with Gasteiger partial charge in [0.2, 0.25) is 0 Å². The van der Waals surface area contributed by atoms with Crippen LogP contribution in [0.2, 0.25) is 0 Å². The topological polar surface area (TPSA) is 3.24 Å². The fourth-order valence-electron chi connectivity index (χ4n) is 11.0. The Morgan fingerprint density at radius 2 is 1.14 bits per heavy atom. The van der Waals surface area contributed by atoms with Crippen LogP contribution in [0.1, 0.15) is 68.6 Å². The first-order chi connectivity index (χ1) is 31.0. The fourth-order valence-corrected chi connectivity index (χ4v) is 12.1. The van der Waals surface area contributed by atoms with Gasteiger partial charge in [-0.05, 0) is 111 Å². The maximum Gasteiger partial charge on any atom is 0.0618 e. The monoisotopic (exact) mass is 827 g/mol. The van der Waals surface area contributed by atoms with Crippen LogP contribution >= 0.6 is 11.3 Å². The molecule has 1 heterocycles. The average molecular weight is 828 g/mol. The van der Waals surface area contributed by atoms with Crippen molar-refractivity contribution in [2.24, 2.45) is 0 Å². The molecule has 1 saturated carbocycles. The molecule has 0 atom stereocenters. The Morgan fingerprint density at radius 3 is 2.00 bits per heavy atom. The van der Waals surface area contributed by atoms with Crippen molar-refractivity contribution < 1.29 is 0 Å². The molecule has 12 rings (SSSR count). The summed E-state index contributed by atoms with van der Waals surface area (Å²) in [6.45, 7) is 4.74. The molecule has 1 aromatic heterocycles. The van der Waals surface area contributed by atoms with Gasteiger partial charge >= 0.3 is 0 Å². The van der Waals surface area contributed by atoms with E-state index in [1.165, 1.54) is 130 Å². The number of benzene rings is 9. The van der Waals surface area contributed by atoms with E-state index in [1.54, 1.807) is 0 Å². The van der Waals surface area contributed by atoms with E-state index in [4.69, 9.17) is 0 Å². The van der Waals surface area contributed by atoms with Crippen LogP contribution in [0.3, 0.4) is 0 Å². The van der Waals surface area contributed by atoms with Crippen LogP contribution in [0, 0.1) is 0 Å². The summed E-state index contributed by atoms with van der Waals surface area (Å²) >= 11 is 1.88. The van der Waals surface area contributed by atoms with Gasteiger partial charge in [0.1, 0.15) is 0 Å². The van der Waals surface area contributed by atoms with Gasteiger partial charge in [0, 0.05) is 47.8 Å². The van der Waals surface area contributed by atoms with Crippen molar-refractivity contribution in [3.8, 4) is 44.5 Å². The van der Waals surface area contributed by atoms with E-state index in [2.05, 4.69) is 213 Å². The molecule has 0 bridgehead atoms. The molecule has 0 N–H and O–H groups in total. The van der Waals surface area contributed by atoms with Crippen LogP contribution in [-0.4, -0.2) is 0 Å². The smallest absolute Gasteiger partial charge is 0.0618 e. The molecule has 10 aromatic rings. The molecule has 1 nitrogen and oxygen atoms in total. The van der Waals surface area contributed by atoms with Gasteiger partial charge in [-0.2, -0.15) is 0 Å². The molecule has 304 valence electrons. The molecule has 2 heteroatoms. The third kappa shape index (κ3) is 6.42. The lowest BCUT2D eigenvalue weighted by Gasteiger charge is -2.32. The number of hydrogen-bond acceptors (Lipinski definition) is 2. The third-order valence-electron chi connectivity index (χ3n) is 14.3. The largest absolute Gasteiger partial charge is 0.309 e. The van der Waals surface area contributed by atoms with Crippen molar-refractivity contribution in [2.75, 3.05) is 4.90 Å². The quantitative estimate of drug-likeness (QED) is 0.155. The second kappa shape index (κ2) is 15.3. The Bertz CT molecular complexity index is 3350. The van der Waals surface area contributed by atoms with Gasteiger partial charge in [-0.25, -0.2) is 0 Å². The number of thiophene rings is 1. The van der Waals surface area contributed by atoms with E-state index in [-0.39, 0.29) is 5.41 Å². The molecular weight excluding hydrogens is 779 g/mol. The highest BCUT2D eigenvalue weighted by atomic mass is 32.1. The van der Waals surface area contributed by atoms with Crippen molar-refractivity contribution in [3.63, 3.8) is 0 Å². The minimum absolute atomic E-state index is 0.0943. The average Bonchev–Trinajstić information content (AvgIpc) is 3.83. The summed E-state index contributed by atoms with van der Waals surface area (Å²) in [5, 5.41) is 5.07. The number of anilines is 3. The van der Waals surface area contributed by atoms with Gasteiger partial charge < -0.3 is 4.90 Å². The predicted octanol–water partition coefficient (Wildman–Crippen LogP) is 18.0. The molecular formula is C61H49NS. The Balaban J connectivity index is 1.12. The summed E-state index contributed by atoms with van der Waals surface area (Å²) < 4.78 is 2.63. The van der Waals surface area contributed by atoms with Gasteiger partial charge in [-0.15, -0.1) is 11.3 Å². The Hall–Kier alpha value is -6.74. The highest BCUT2D eigenvalue weighted by molar-refractivity contribution is 7.25. The zero-order valence-electron chi connectivity index (χ0n) is 35.9. The normalized spacial score (nSPS) is 14.6. The maximum absolute atomic E-state index is 2.58. The van der Waals surface area contributed by atoms with Crippen LogP contribution in [-0.2, 0) is 5.41 Å². The molecule has 1 fully saturated rings. The molecule has 0 spiro atoms. The second-order valence-electron chi connectivity index (χ2n) is 18.3. The van der Waals surface area contributed by atoms with Gasteiger partial charge in [-0.1, -0.05) is 191 Å². The second-order valence-corrected chi connectivity index (χ2v) is 19.4. The van der Waals surface area contributed by atoms with E-state index in [0.717, 1.165) is 11.4 Å². The first-order valence-electron chi connectivity index (χ1n) is 22.8. The van der Waals surface area contributed by atoms with Crippen molar-refractivity contribution in [2.45, 2.75) is 57.3 Å². The minimum atomic E-state index is -0.0943. The van der Waals surface area contributed by atoms with Crippen LogP contribution in [0.5, 0.6) is 0 Å². The van der Waals surface area contributed by atoms with Crippen LogP contribution in [0.4, 0.5) is 17.1 Å². The summed E-state index contributed by atoms with van der Waals surface area (Å²) in [4.78, 5) is 2.58. The van der Waals surface area contributed by atoms with Crippen LogP contribution in [0.15, 0.2) is 194 Å². The Labute approximate surface area is 374 Å². The molecule has 63 heavy (non-hydrogen) atoms. The summed E-state index contributed by atoms with van der Waals surface area (Å²) in [6.07, 6.45) is 6.68. The van der Waals surface area contributed by atoms with Gasteiger partial charge in [-0.3, -0.25) is 0 Å². The van der Waals surface area contributed by atoms with Crippen LogP contribution in [0.25, 0.3) is 75.5 Å². The fraction of sp³-hybridized carbons (Fsp3) is 0.148. The van der Waals surface area contributed by atoms with Crippen molar-refractivity contribution >= 4 is 59.3 Å². The maximum atomic E-state index is 2.58. The molecule has 0 aliphatic heterocycles. The highest BCUT2D eigenvalue weighted by Gasteiger charge is 2.36. The number of hydrogen-bond donors (Lipinski definition) is 0. The third-order valence-corrected chi connectivity index (χ3v) is 15.4. The molecule has 0 saturated heterocycles. The minimum Gasteiger partial charge on any atom is -0.309 e. The zero-order chi connectivity index (χ0) is 42.1. The van der Waals surface area contributed by atoms with Crippen molar-refractivity contribution in [3.05, 3.63) is 211 Å². The van der Waals surface area contributed by atoms with E-state index in [1.807, 2.05) is 11.3 Å². The number of rotatable bonds is 7. The first-order valence-corrected chi connectivity index (χ1v) is 23.6. The molecule has 2 aliphatic rings. The Morgan fingerprint density at radius 1 is 0.444 bits per heavy atom. The number of nitrogens with zero attached hydrogens (tertiary/aromatic N) is 1. The SMILES string of the molecule is CC1(C)c2ccccc2-c2cc(N(c3ccc(-c4ccc(C5CCCCC5)cc4)cc3-c3ccccc3)c3c(-c4ccc5c(c4)sc4ccccc45)ccc4ccccc34)ccc21. The summed E-state index contributed by atoms with van der Waals surface area (Å²) in [7, 11) is 0. The molecule has 0 unspecified atom stereocenters. The standard InChI is InChI=1S/C61H49NS/c1-61(2)55-23-13-11-21-50(55)54-39-47(32-35-56(54)61)62(57-36-31-45(37-53(57)43-17-7-4-8-18-43)42-27-25-41(26-28-42)40-15-5-3-6-16-40)60-48-20-10-9-19-44(48)29-33-49(60)46-30-34-52-51-22-12-14-24-58(51)63-59(52)38-46/h4,7-14,17-40H,3,5-6,15-16H2,1-2H3. The van der Waals surface area contributed by atoms with Gasteiger partial charge in [0.05, 0.1) is 11.4 Å². The van der Waals surface area contributed by atoms with Crippen LogP contribution < -0.4 is 4.90 Å². The molecule has 0 amide bonds. The summed E-state index contributed by atoms with van der Waals surface area (Å²) in [5.41, 5.74) is 17.5. The Kier molecular flexibility index (Phi) is 9.20. The first kappa shape index (κ1) is 38.0. The van der Waals surface area contributed by atoms with E-state index in [9.17, 15) is 0 Å². The number of fused-ring (bicyclic) bond motifs is 7. The van der Waals surface area contributed by atoms with Gasteiger partial charge in [0.15, 0.2) is 0 Å². The lowest BCUT2D eigenvalue weighted by molar-refractivity contribution is 0.443. The molecule has 9 aromatic carbocycles. The van der Waals surface area contributed by atoms with E-state index in [0.29, 0.717) is 5.92 Å². The lowest BCUT2D eigenvalue weighted by atomic mass is 9.82. The van der Waals surface area contributed by atoms with Crippen molar-refractivity contribution in [1.29, 1.82) is 0 Å².